The first-order chi connectivity index (χ1) is 7.66. The minimum absolute atomic E-state index is 0.129. The Hall–Kier alpha value is -0.860. The Morgan fingerprint density at radius 1 is 1.25 bits per heavy atom. The lowest BCUT2D eigenvalue weighted by molar-refractivity contribution is -0.0841. The number of aliphatic hydroxyl groups excluding tert-OH is 1. The van der Waals surface area contributed by atoms with Crippen LogP contribution < -0.4 is 0 Å². The van der Waals surface area contributed by atoms with Crippen molar-refractivity contribution < 1.29 is 9.84 Å². The zero-order chi connectivity index (χ0) is 11.6. The molecule has 1 aliphatic heterocycles. The van der Waals surface area contributed by atoms with Crippen LogP contribution in [-0.4, -0.2) is 24.9 Å². The molecule has 2 rings (SSSR count). The molecule has 1 heterocycles. The number of hydrogen-bond acceptors (Lipinski definition) is 2. The van der Waals surface area contributed by atoms with Crippen molar-refractivity contribution >= 4 is 0 Å². The van der Waals surface area contributed by atoms with Gasteiger partial charge in [-0.25, -0.2) is 0 Å². The van der Waals surface area contributed by atoms with Gasteiger partial charge in [-0.3, -0.25) is 0 Å². The fourth-order valence-electron chi connectivity index (χ4n) is 2.16. The Morgan fingerprint density at radius 3 is 2.25 bits per heavy atom. The van der Waals surface area contributed by atoms with E-state index in [0.717, 1.165) is 6.42 Å². The molecule has 1 aromatic carbocycles. The molecule has 0 atom stereocenters. The van der Waals surface area contributed by atoms with E-state index in [1.165, 1.54) is 11.1 Å². The van der Waals surface area contributed by atoms with E-state index in [4.69, 9.17) is 4.74 Å². The predicted molar refractivity (Wildman–Crippen MR) is 64.6 cm³/mol. The lowest BCUT2D eigenvalue weighted by Gasteiger charge is -2.40. The SMILES string of the molecule is CC(C)Cc1ccc(C2(CO)COC2)cc1. The van der Waals surface area contributed by atoms with Gasteiger partial charge in [0.2, 0.25) is 0 Å². The Morgan fingerprint density at radius 2 is 1.88 bits per heavy atom. The first-order valence-corrected chi connectivity index (χ1v) is 5.94. The monoisotopic (exact) mass is 220 g/mol. The summed E-state index contributed by atoms with van der Waals surface area (Å²) in [4.78, 5) is 0. The largest absolute Gasteiger partial charge is 0.395 e. The van der Waals surface area contributed by atoms with Crippen LogP contribution in [0.2, 0.25) is 0 Å². The van der Waals surface area contributed by atoms with Gasteiger partial charge in [-0.1, -0.05) is 38.1 Å². The van der Waals surface area contributed by atoms with Gasteiger partial charge < -0.3 is 9.84 Å². The van der Waals surface area contributed by atoms with Crippen LogP contribution in [0.3, 0.4) is 0 Å². The van der Waals surface area contributed by atoms with Gasteiger partial charge in [0.05, 0.1) is 25.2 Å². The van der Waals surface area contributed by atoms with Crippen LogP contribution in [0.25, 0.3) is 0 Å². The molecule has 0 aromatic heterocycles. The lowest BCUT2D eigenvalue weighted by atomic mass is 9.79. The highest BCUT2D eigenvalue weighted by atomic mass is 16.5. The van der Waals surface area contributed by atoms with Gasteiger partial charge in [0.1, 0.15) is 0 Å². The van der Waals surface area contributed by atoms with E-state index in [9.17, 15) is 5.11 Å². The van der Waals surface area contributed by atoms with E-state index in [1.807, 2.05) is 0 Å². The highest BCUT2D eigenvalue weighted by molar-refractivity contribution is 5.31. The van der Waals surface area contributed by atoms with Crippen LogP contribution >= 0.6 is 0 Å². The highest BCUT2D eigenvalue weighted by Gasteiger charge is 2.39. The number of aliphatic hydroxyl groups is 1. The van der Waals surface area contributed by atoms with E-state index >= 15 is 0 Å². The van der Waals surface area contributed by atoms with Crippen molar-refractivity contribution in [2.45, 2.75) is 25.7 Å². The Balaban J connectivity index is 2.12. The average molecular weight is 220 g/mol. The molecule has 1 saturated heterocycles. The van der Waals surface area contributed by atoms with E-state index in [-0.39, 0.29) is 12.0 Å². The Bertz CT molecular complexity index is 331. The molecule has 0 saturated carbocycles. The molecule has 0 amide bonds. The fourth-order valence-corrected chi connectivity index (χ4v) is 2.16. The third-order valence-corrected chi connectivity index (χ3v) is 3.27. The van der Waals surface area contributed by atoms with Crippen molar-refractivity contribution in [2.24, 2.45) is 5.92 Å². The molecule has 2 nitrogen and oxygen atoms in total. The summed E-state index contributed by atoms with van der Waals surface area (Å²) in [7, 11) is 0. The summed E-state index contributed by atoms with van der Waals surface area (Å²) in [5.74, 6) is 0.685. The Labute approximate surface area is 97.3 Å². The van der Waals surface area contributed by atoms with Crippen molar-refractivity contribution in [2.75, 3.05) is 19.8 Å². The summed E-state index contributed by atoms with van der Waals surface area (Å²) < 4.78 is 5.22. The molecule has 2 heteroatoms. The molecule has 0 unspecified atom stereocenters. The second-order valence-electron chi connectivity index (χ2n) is 5.23. The van der Waals surface area contributed by atoms with Crippen LogP contribution in [0.4, 0.5) is 0 Å². The van der Waals surface area contributed by atoms with Gasteiger partial charge in [0.25, 0.3) is 0 Å². The van der Waals surface area contributed by atoms with E-state index < -0.39 is 0 Å². The third kappa shape index (κ3) is 2.13. The molecule has 16 heavy (non-hydrogen) atoms. The summed E-state index contributed by atoms with van der Waals surface area (Å²) in [6.45, 7) is 5.92. The Kier molecular flexibility index (Phi) is 3.31. The molecule has 1 N–H and O–H groups in total. The second kappa shape index (κ2) is 4.56. The smallest absolute Gasteiger partial charge is 0.0651 e. The molecule has 0 aliphatic carbocycles. The number of hydrogen-bond donors (Lipinski definition) is 1. The van der Waals surface area contributed by atoms with Gasteiger partial charge in [-0.2, -0.15) is 0 Å². The molecule has 0 spiro atoms. The molecule has 0 bridgehead atoms. The maximum absolute atomic E-state index is 9.42. The maximum Gasteiger partial charge on any atom is 0.0651 e. The minimum atomic E-state index is -0.129. The third-order valence-electron chi connectivity index (χ3n) is 3.27. The van der Waals surface area contributed by atoms with Gasteiger partial charge in [0.15, 0.2) is 0 Å². The topological polar surface area (TPSA) is 29.5 Å². The van der Waals surface area contributed by atoms with Crippen molar-refractivity contribution in [1.29, 1.82) is 0 Å². The molecular weight excluding hydrogens is 200 g/mol. The standard InChI is InChI=1S/C14H20O2/c1-11(2)7-12-3-5-13(6-4-12)14(8-15)9-16-10-14/h3-6,11,15H,7-10H2,1-2H3. The van der Waals surface area contributed by atoms with Gasteiger partial charge in [-0.05, 0) is 23.5 Å². The zero-order valence-corrected chi connectivity index (χ0v) is 10.1. The summed E-state index contributed by atoms with van der Waals surface area (Å²) in [6.07, 6.45) is 1.11. The van der Waals surface area contributed by atoms with Crippen molar-refractivity contribution in [3.8, 4) is 0 Å². The van der Waals surface area contributed by atoms with Crippen LogP contribution in [0.15, 0.2) is 24.3 Å². The number of rotatable bonds is 4. The van der Waals surface area contributed by atoms with Crippen LogP contribution in [0.1, 0.15) is 25.0 Å². The first-order valence-electron chi connectivity index (χ1n) is 5.94. The highest BCUT2D eigenvalue weighted by Crippen LogP contribution is 2.32. The summed E-state index contributed by atoms with van der Waals surface area (Å²) in [5.41, 5.74) is 2.44. The van der Waals surface area contributed by atoms with E-state index in [2.05, 4.69) is 38.1 Å². The average Bonchev–Trinajstić information content (AvgIpc) is 2.19. The molecular formula is C14H20O2. The summed E-state index contributed by atoms with van der Waals surface area (Å²) in [6, 6.07) is 8.61. The van der Waals surface area contributed by atoms with Crippen LogP contribution in [0.5, 0.6) is 0 Å². The quantitative estimate of drug-likeness (QED) is 0.842. The van der Waals surface area contributed by atoms with E-state index in [0.29, 0.717) is 19.1 Å². The van der Waals surface area contributed by atoms with Gasteiger partial charge in [0, 0.05) is 0 Å². The molecule has 1 aromatic rings. The van der Waals surface area contributed by atoms with Gasteiger partial charge >= 0.3 is 0 Å². The number of ether oxygens (including phenoxy) is 1. The molecule has 0 radical (unpaired) electrons. The van der Waals surface area contributed by atoms with Crippen LogP contribution in [-0.2, 0) is 16.6 Å². The fraction of sp³-hybridized carbons (Fsp3) is 0.571. The van der Waals surface area contributed by atoms with Crippen LogP contribution in [0, 0.1) is 5.92 Å². The first kappa shape index (κ1) is 11.6. The molecule has 1 aliphatic rings. The van der Waals surface area contributed by atoms with Crippen molar-refractivity contribution in [1.82, 2.24) is 0 Å². The van der Waals surface area contributed by atoms with Crippen molar-refractivity contribution in [3.63, 3.8) is 0 Å². The predicted octanol–water partition coefficient (Wildman–Crippen LogP) is 2.15. The number of benzene rings is 1. The molecule has 1 fully saturated rings. The normalized spacial score (nSPS) is 18.5. The summed E-state index contributed by atoms with van der Waals surface area (Å²) >= 11 is 0. The minimum Gasteiger partial charge on any atom is -0.395 e. The molecule has 88 valence electrons. The lowest BCUT2D eigenvalue weighted by Crippen LogP contribution is -2.49. The maximum atomic E-state index is 9.42. The second-order valence-corrected chi connectivity index (χ2v) is 5.23. The summed E-state index contributed by atoms with van der Waals surface area (Å²) in [5, 5.41) is 9.42. The van der Waals surface area contributed by atoms with Gasteiger partial charge in [-0.15, -0.1) is 0 Å². The zero-order valence-electron chi connectivity index (χ0n) is 10.1. The van der Waals surface area contributed by atoms with Crippen molar-refractivity contribution in [3.05, 3.63) is 35.4 Å². The van der Waals surface area contributed by atoms with E-state index in [1.54, 1.807) is 0 Å².